The van der Waals surface area contributed by atoms with Crippen LogP contribution < -0.4 is 5.32 Å². The minimum Gasteiger partial charge on any atom is -0.356 e. The minimum atomic E-state index is 0.0213. The molecule has 0 fully saturated rings. The van der Waals surface area contributed by atoms with E-state index in [0.717, 1.165) is 13.0 Å². The van der Waals surface area contributed by atoms with Crippen molar-refractivity contribution in [1.82, 2.24) is 9.88 Å². The Hall–Kier alpha value is -2.55. The first-order valence-corrected chi connectivity index (χ1v) is 7.59. The van der Waals surface area contributed by atoms with Crippen LogP contribution in [0, 0.1) is 0 Å². The van der Waals surface area contributed by atoms with Gasteiger partial charge in [-0.1, -0.05) is 48.5 Å². The summed E-state index contributed by atoms with van der Waals surface area (Å²) in [5, 5.41) is 4.14. The third kappa shape index (κ3) is 3.19. The number of nitrogens with zero attached hydrogens (tertiary/aromatic N) is 1. The molecular formula is C19H20N2O. The molecule has 0 aliphatic rings. The maximum Gasteiger partial charge on any atom is 0.216 e. The third-order valence-corrected chi connectivity index (χ3v) is 3.84. The van der Waals surface area contributed by atoms with Gasteiger partial charge in [0, 0.05) is 37.1 Å². The standard InChI is InChI=1S/C19H20N2O/c1-15(22)20-12-11-17-14-21(13-16-7-3-2-4-8-16)19-10-6-5-9-18(17)19/h2-10,14H,11-13H2,1H3,(H,20,22). The van der Waals surface area contributed by atoms with Gasteiger partial charge < -0.3 is 9.88 Å². The Morgan fingerprint density at radius 2 is 1.77 bits per heavy atom. The number of rotatable bonds is 5. The van der Waals surface area contributed by atoms with Gasteiger partial charge in [0.25, 0.3) is 0 Å². The van der Waals surface area contributed by atoms with Crippen LogP contribution in [-0.4, -0.2) is 17.0 Å². The number of benzene rings is 2. The van der Waals surface area contributed by atoms with Gasteiger partial charge in [-0.25, -0.2) is 0 Å². The van der Waals surface area contributed by atoms with Gasteiger partial charge in [0.2, 0.25) is 5.91 Å². The molecule has 0 atom stereocenters. The van der Waals surface area contributed by atoms with Crippen molar-refractivity contribution in [1.29, 1.82) is 0 Å². The number of para-hydroxylation sites is 1. The highest BCUT2D eigenvalue weighted by Crippen LogP contribution is 2.22. The number of carbonyl (C=O) groups excluding carboxylic acids is 1. The highest BCUT2D eigenvalue weighted by Gasteiger charge is 2.08. The number of aromatic nitrogens is 1. The second-order valence-corrected chi connectivity index (χ2v) is 5.52. The van der Waals surface area contributed by atoms with Gasteiger partial charge in [0.1, 0.15) is 0 Å². The van der Waals surface area contributed by atoms with E-state index in [1.165, 1.54) is 22.0 Å². The lowest BCUT2D eigenvalue weighted by molar-refractivity contribution is -0.118. The van der Waals surface area contributed by atoms with Crippen molar-refractivity contribution < 1.29 is 4.79 Å². The predicted octanol–water partition coefficient (Wildman–Crippen LogP) is 3.37. The molecule has 0 aliphatic carbocycles. The zero-order valence-electron chi connectivity index (χ0n) is 12.8. The fourth-order valence-electron chi connectivity index (χ4n) is 2.81. The van der Waals surface area contributed by atoms with Crippen LogP contribution in [0.1, 0.15) is 18.1 Å². The number of hydrogen-bond acceptors (Lipinski definition) is 1. The van der Waals surface area contributed by atoms with E-state index in [1.807, 2.05) is 6.07 Å². The summed E-state index contributed by atoms with van der Waals surface area (Å²) in [5.41, 5.74) is 3.81. The van der Waals surface area contributed by atoms with E-state index in [-0.39, 0.29) is 5.91 Å². The molecule has 3 nitrogen and oxygen atoms in total. The lowest BCUT2D eigenvalue weighted by atomic mass is 10.1. The van der Waals surface area contributed by atoms with Crippen molar-refractivity contribution in [2.45, 2.75) is 19.9 Å². The van der Waals surface area contributed by atoms with Gasteiger partial charge in [-0.3, -0.25) is 4.79 Å². The fraction of sp³-hybridized carbons (Fsp3) is 0.211. The number of amides is 1. The summed E-state index contributed by atoms with van der Waals surface area (Å²) in [6.07, 6.45) is 3.06. The number of fused-ring (bicyclic) bond motifs is 1. The average Bonchev–Trinajstić information content (AvgIpc) is 2.86. The van der Waals surface area contributed by atoms with Crippen LogP contribution in [0.25, 0.3) is 10.9 Å². The summed E-state index contributed by atoms with van der Waals surface area (Å²) in [6, 6.07) is 18.9. The largest absolute Gasteiger partial charge is 0.356 e. The average molecular weight is 292 g/mol. The first kappa shape index (κ1) is 14.4. The summed E-state index contributed by atoms with van der Waals surface area (Å²) in [5.74, 6) is 0.0213. The molecule has 3 heteroatoms. The topological polar surface area (TPSA) is 34.0 Å². The summed E-state index contributed by atoms with van der Waals surface area (Å²) in [4.78, 5) is 11.0. The molecule has 2 aromatic carbocycles. The molecule has 0 spiro atoms. The van der Waals surface area contributed by atoms with E-state index >= 15 is 0 Å². The van der Waals surface area contributed by atoms with Crippen molar-refractivity contribution in [3.63, 3.8) is 0 Å². The zero-order valence-corrected chi connectivity index (χ0v) is 12.8. The van der Waals surface area contributed by atoms with Crippen LogP contribution in [0.4, 0.5) is 0 Å². The monoisotopic (exact) mass is 292 g/mol. The Kier molecular flexibility index (Phi) is 4.24. The van der Waals surface area contributed by atoms with E-state index in [2.05, 4.69) is 64.6 Å². The fourth-order valence-corrected chi connectivity index (χ4v) is 2.81. The Morgan fingerprint density at radius 3 is 2.55 bits per heavy atom. The molecule has 0 saturated heterocycles. The smallest absolute Gasteiger partial charge is 0.216 e. The van der Waals surface area contributed by atoms with E-state index in [4.69, 9.17) is 0 Å². The van der Waals surface area contributed by atoms with Crippen LogP contribution in [0.15, 0.2) is 60.8 Å². The van der Waals surface area contributed by atoms with E-state index in [0.29, 0.717) is 6.54 Å². The first-order valence-electron chi connectivity index (χ1n) is 7.59. The molecular weight excluding hydrogens is 272 g/mol. The number of nitrogens with one attached hydrogen (secondary N) is 1. The SMILES string of the molecule is CC(=O)NCCc1cn(Cc2ccccc2)c2ccccc12. The van der Waals surface area contributed by atoms with Crippen LogP contribution in [0.3, 0.4) is 0 Å². The van der Waals surface area contributed by atoms with E-state index < -0.39 is 0 Å². The third-order valence-electron chi connectivity index (χ3n) is 3.84. The minimum absolute atomic E-state index is 0.0213. The predicted molar refractivity (Wildman–Crippen MR) is 89.9 cm³/mol. The van der Waals surface area contributed by atoms with Crippen molar-refractivity contribution in [3.8, 4) is 0 Å². The molecule has 0 bridgehead atoms. The molecule has 0 radical (unpaired) electrons. The van der Waals surface area contributed by atoms with Crippen molar-refractivity contribution in [2.24, 2.45) is 0 Å². The molecule has 22 heavy (non-hydrogen) atoms. The van der Waals surface area contributed by atoms with Gasteiger partial charge in [-0.2, -0.15) is 0 Å². The molecule has 112 valence electrons. The van der Waals surface area contributed by atoms with Gasteiger partial charge in [-0.15, -0.1) is 0 Å². The van der Waals surface area contributed by atoms with Crippen molar-refractivity contribution >= 4 is 16.8 Å². The highest BCUT2D eigenvalue weighted by atomic mass is 16.1. The molecule has 0 unspecified atom stereocenters. The van der Waals surface area contributed by atoms with E-state index in [9.17, 15) is 4.79 Å². The summed E-state index contributed by atoms with van der Waals surface area (Å²) in [7, 11) is 0. The Bertz CT molecular complexity index is 774. The van der Waals surface area contributed by atoms with Crippen LogP contribution >= 0.6 is 0 Å². The van der Waals surface area contributed by atoms with Gasteiger partial charge in [0.05, 0.1) is 0 Å². The second-order valence-electron chi connectivity index (χ2n) is 5.52. The molecule has 3 aromatic rings. The molecule has 3 rings (SSSR count). The lowest BCUT2D eigenvalue weighted by Gasteiger charge is -2.05. The zero-order chi connectivity index (χ0) is 15.4. The van der Waals surface area contributed by atoms with Crippen LogP contribution in [0.5, 0.6) is 0 Å². The van der Waals surface area contributed by atoms with Gasteiger partial charge in [0.15, 0.2) is 0 Å². The molecule has 1 heterocycles. The van der Waals surface area contributed by atoms with Crippen LogP contribution in [-0.2, 0) is 17.8 Å². The van der Waals surface area contributed by atoms with Gasteiger partial charge in [-0.05, 0) is 23.6 Å². The maximum absolute atomic E-state index is 11.0. The molecule has 1 N–H and O–H groups in total. The Morgan fingerprint density at radius 1 is 1.05 bits per heavy atom. The normalized spacial score (nSPS) is 10.8. The molecule has 0 saturated carbocycles. The Balaban J connectivity index is 1.88. The van der Waals surface area contributed by atoms with Gasteiger partial charge >= 0.3 is 0 Å². The van der Waals surface area contributed by atoms with Crippen molar-refractivity contribution in [2.75, 3.05) is 6.54 Å². The molecule has 1 aromatic heterocycles. The lowest BCUT2D eigenvalue weighted by Crippen LogP contribution is -2.22. The summed E-state index contributed by atoms with van der Waals surface area (Å²) >= 11 is 0. The first-order chi connectivity index (χ1) is 10.7. The van der Waals surface area contributed by atoms with Crippen molar-refractivity contribution in [3.05, 3.63) is 71.9 Å². The number of carbonyl (C=O) groups is 1. The quantitative estimate of drug-likeness (QED) is 0.768. The summed E-state index contributed by atoms with van der Waals surface area (Å²) < 4.78 is 2.29. The maximum atomic E-state index is 11.0. The number of hydrogen-bond donors (Lipinski definition) is 1. The Labute approximate surface area is 130 Å². The van der Waals surface area contributed by atoms with E-state index in [1.54, 1.807) is 6.92 Å². The molecule has 0 aliphatic heterocycles. The molecule has 1 amide bonds. The van der Waals surface area contributed by atoms with Crippen LogP contribution in [0.2, 0.25) is 0 Å². The summed E-state index contributed by atoms with van der Waals surface area (Å²) in [6.45, 7) is 3.09. The second kappa shape index (κ2) is 6.48. The highest BCUT2D eigenvalue weighted by molar-refractivity contribution is 5.84.